The largest absolute Gasteiger partial charge is 0.339 e. The molecule has 0 N–H and O–H groups in total. The monoisotopic (exact) mass is 478 g/mol. The first kappa shape index (κ1) is 24.5. The lowest BCUT2D eigenvalue weighted by Gasteiger charge is -2.35. The second-order valence-electron chi connectivity index (χ2n) is 8.24. The number of likely N-dealkylation sites (tertiary alicyclic amines) is 1. The molecule has 0 radical (unpaired) electrons. The number of hydrogen-bond donors (Lipinski definition) is 0. The Bertz CT molecular complexity index is 1090. The van der Waals surface area contributed by atoms with Crippen molar-refractivity contribution in [2.75, 3.05) is 25.9 Å². The minimum Gasteiger partial charge on any atom is -0.339 e. The summed E-state index contributed by atoms with van der Waals surface area (Å²) in [5.41, 5.74) is 3.79. The number of piperidine rings is 1. The number of carbonyl (C=O) groups is 1. The molecule has 1 aromatic heterocycles. The maximum absolute atomic E-state index is 12.7. The van der Waals surface area contributed by atoms with Gasteiger partial charge in [-0.1, -0.05) is 41.4 Å². The van der Waals surface area contributed by atoms with E-state index in [0.29, 0.717) is 37.6 Å². The second kappa shape index (κ2) is 10.2. The highest BCUT2D eigenvalue weighted by Gasteiger charge is 2.29. The van der Waals surface area contributed by atoms with Crippen LogP contribution in [0.15, 0.2) is 30.3 Å². The van der Waals surface area contributed by atoms with E-state index in [0.717, 1.165) is 16.8 Å². The van der Waals surface area contributed by atoms with Crippen molar-refractivity contribution in [1.29, 1.82) is 0 Å². The van der Waals surface area contributed by atoms with Crippen molar-refractivity contribution in [2.45, 2.75) is 46.2 Å². The number of carbonyl (C=O) groups excluding carboxylic acids is 1. The molecule has 2 aromatic rings. The second-order valence-corrected chi connectivity index (χ2v) is 10.9. The Kier molecular flexibility index (Phi) is 7.79. The molecule has 0 aliphatic carbocycles. The number of hydrogen-bond acceptors (Lipinski definition) is 4. The smallest absolute Gasteiger partial charge is 0.246 e. The first-order valence-electron chi connectivity index (χ1n) is 10.8. The van der Waals surface area contributed by atoms with Gasteiger partial charge in [-0.05, 0) is 45.3 Å². The van der Waals surface area contributed by atoms with Gasteiger partial charge in [-0.25, -0.2) is 17.4 Å². The minimum atomic E-state index is -3.22. The van der Waals surface area contributed by atoms with Crippen LogP contribution in [0.5, 0.6) is 0 Å². The van der Waals surface area contributed by atoms with Crippen molar-refractivity contribution in [3.8, 4) is 0 Å². The summed E-state index contributed by atoms with van der Waals surface area (Å²) in [5.74, 6) is -0.0190. The topological polar surface area (TPSA) is 75.5 Å². The van der Waals surface area contributed by atoms with Crippen molar-refractivity contribution in [2.24, 2.45) is 0 Å². The van der Waals surface area contributed by atoms with Crippen LogP contribution < -0.4 is 0 Å². The van der Waals surface area contributed by atoms with E-state index in [1.807, 2.05) is 13.8 Å². The van der Waals surface area contributed by atoms with Crippen LogP contribution in [-0.4, -0.2) is 65.2 Å². The third-order valence-corrected chi connectivity index (χ3v) is 8.35. The molecule has 1 amide bonds. The van der Waals surface area contributed by atoms with Gasteiger partial charge in [0.25, 0.3) is 0 Å². The van der Waals surface area contributed by atoms with Crippen LogP contribution in [0, 0.1) is 13.8 Å². The maximum atomic E-state index is 12.7. The molecule has 1 fully saturated rings. The van der Waals surface area contributed by atoms with Crippen molar-refractivity contribution >= 4 is 33.6 Å². The summed E-state index contributed by atoms with van der Waals surface area (Å²) in [6, 6.07) is 8.14. The average Bonchev–Trinajstić information content (AvgIpc) is 3.05. The van der Waals surface area contributed by atoms with Gasteiger partial charge in [-0.15, -0.1) is 0 Å². The molecule has 7 nitrogen and oxygen atoms in total. The van der Waals surface area contributed by atoms with Gasteiger partial charge in [-0.2, -0.15) is 5.10 Å². The van der Waals surface area contributed by atoms with Crippen LogP contribution in [0.4, 0.5) is 0 Å². The Morgan fingerprint density at radius 1 is 1.22 bits per heavy atom. The Balaban J connectivity index is 1.62. The molecule has 0 bridgehead atoms. The molecule has 1 aliphatic heterocycles. The maximum Gasteiger partial charge on any atom is 0.246 e. The number of aromatic nitrogens is 2. The third kappa shape index (κ3) is 5.60. The molecule has 174 valence electrons. The highest BCUT2D eigenvalue weighted by Crippen LogP contribution is 2.23. The quantitative estimate of drug-likeness (QED) is 0.571. The molecule has 1 aliphatic rings. The van der Waals surface area contributed by atoms with Gasteiger partial charge in [0, 0.05) is 37.8 Å². The summed E-state index contributed by atoms with van der Waals surface area (Å²) < 4.78 is 27.4. The SMILES string of the molecule is CCS(=O)(=O)N(C)C1CCN(C(=O)/C=C/c2c(C)nn(Cc3ccc(C)cc3)c2Cl)CC1. The van der Waals surface area contributed by atoms with Crippen molar-refractivity contribution in [3.05, 3.63) is 57.9 Å². The zero-order chi connectivity index (χ0) is 23.5. The van der Waals surface area contributed by atoms with Crippen LogP contribution >= 0.6 is 11.6 Å². The lowest BCUT2D eigenvalue weighted by molar-refractivity contribution is -0.127. The van der Waals surface area contributed by atoms with Gasteiger partial charge in [-0.3, -0.25) is 4.79 Å². The van der Waals surface area contributed by atoms with E-state index in [2.05, 4.69) is 29.4 Å². The number of sulfonamides is 1. The highest BCUT2D eigenvalue weighted by atomic mass is 35.5. The summed E-state index contributed by atoms with van der Waals surface area (Å²) in [5, 5.41) is 5.02. The van der Waals surface area contributed by atoms with E-state index in [4.69, 9.17) is 11.6 Å². The first-order chi connectivity index (χ1) is 15.1. The van der Waals surface area contributed by atoms with E-state index in [9.17, 15) is 13.2 Å². The normalized spacial score (nSPS) is 15.8. The zero-order valence-electron chi connectivity index (χ0n) is 19.1. The number of benzene rings is 1. The van der Waals surface area contributed by atoms with Crippen molar-refractivity contribution in [3.63, 3.8) is 0 Å². The Morgan fingerprint density at radius 3 is 2.44 bits per heavy atom. The number of nitrogens with zero attached hydrogens (tertiary/aromatic N) is 4. The summed E-state index contributed by atoms with van der Waals surface area (Å²) in [6.07, 6.45) is 4.50. The lowest BCUT2D eigenvalue weighted by Crippen LogP contribution is -2.47. The van der Waals surface area contributed by atoms with Crippen LogP contribution in [-0.2, 0) is 21.4 Å². The fourth-order valence-electron chi connectivity index (χ4n) is 3.87. The summed E-state index contributed by atoms with van der Waals surface area (Å²) in [4.78, 5) is 14.4. The zero-order valence-corrected chi connectivity index (χ0v) is 20.7. The fourth-order valence-corrected chi connectivity index (χ4v) is 5.24. The van der Waals surface area contributed by atoms with E-state index in [1.54, 1.807) is 29.6 Å². The molecule has 1 aromatic carbocycles. The predicted octanol–water partition coefficient (Wildman–Crippen LogP) is 3.49. The van der Waals surface area contributed by atoms with Gasteiger partial charge in [0.2, 0.25) is 15.9 Å². The van der Waals surface area contributed by atoms with Crippen molar-refractivity contribution in [1.82, 2.24) is 19.0 Å². The molecular formula is C23H31ClN4O3S. The Labute approximate surface area is 195 Å². The molecule has 32 heavy (non-hydrogen) atoms. The summed E-state index contributed by atoms with van der Waals surface area (Å²) in [6.45, 7) is 7.17. The number of amides is 1. The van der Waals surface area contributed by atoms with Gasteiger partial charge < -0.3 is 4.90 Å². The predicted molar refractivity (Wildman–Crippen MR) is 128 cm³/mol. The lowest BCUT2D eigenvalue weighted by atomic mass is 10.1. The van der Waals surface area contributed by atoms with Crippen LogP contribution in [0.25, 0.3) is 6.08 Å². The first-order valence-corrected chi connectivity index (χ1v) is 12.8. The number of halogens is 1. The number of rotatable bonds is 7. The molecule has 0 unspecified atom stereocenters. The Morgan fingerprint density at radius 2 is 1.84 bits per heavy atom. The van der Waals surface area contributed by atoms with E-state index >= 15 is 0 Å². The van der Waals surface area contributed by atoms with Crippen LogP contribution in [0.1, 0.15) is 42.1 Å². The molecular weight excluding hydrogens is 448 g/mol. The summed E-state index contributed by atoms with van der Waals surface area (Å²) >= 11 is 6.55. The fraction of sp³-hybridized carbons (Fsp3) is 0.478. The standard InChI is InChI=1S/C23H31ClN4O3S/c1-5-32(30,31)26(4)20-12-14-27(15-13-20)22(29)11-10-21-18(3)25-28(23(21)24)16-19-8-6-17(2)7-9-19/h6-11,20H,5,12-16H2,1-4H3/b11-10+. The molecule has 0 spiro atoms. The van der Waals surface area contributed by atoms with Crippen LogP contribution in [0.2, 0.25) is 5.15 Å². The van der Waals surface area contributed by atoms with E-state index in [1.165, 1.54) is 15.9 Å². The van der Waals surface area contributed by atoms with E-state index < -0.39 is 10.0 Å². The molecule has 3 rings (SSSR count). The van der Waals surface area contributed by atoms with E-state index in [-0.39, 0.29) is 17.7 Å². The van der Waals surface area contributed by atoms with Gasteiger partial charge in [0.15, 0.2) is 0 Å². The van der Waals surface area contributed by atoms with Gasteiger partial charge in [0.1, 0.15) is 5.15 Å². The number of aryl methyl sites for hydroxylation is 2. The minimum absolute atomic E-state index is 0.0651. The summed E-state index contributed by atoms with van der Waals surface area (Å²) in [7, 11) is -1.60. The van der Waals surface area contributed by atoms with Crippen molar-refractivity contribution < 1.29 is 13.2 Å². The molecule has 2 heterocycles. The van der Waals surface area contributed by atoms with Gasteiger partial charge in [0.05, 0.1) is 18.0 Å². The highest BCUT2D eigenvalue weighted by molar-refractivity contribution is 7.89. The van der Waals surface area contributed by atoms with Gasteiger partial charge >= 0.3 is 0 Å². The van der Waals surface area contributed by atoms with Crippen LogP contribution in [0.3, 0.4) is 0 Å². The molecule has 0 atom stereocenters. The molecule has 9 heteroatoms. The third-order valence-electron chi connectivity index (χ3n) is 6.05. The average molecular weight is 479 g/mol. The molecule has 1 saturated heterocycles. The molecule has 0 saturated carbocycles. The Hall–Kier alpha value is -2.16.